The third kappa shape index (κ3) is 3.60. The lowest BCUT2D eigenvalue weighted by atomic mass is 9.98. The predicted octanol–water partition coefficient (Wildman–Crippen LogP) is 2.88. The van der Waals surface area contributed by atoms with Gasteiger partial charge in [-0.3, -0.25) is 4.79 Å². The Balaban J connectivity index is 1.62. The van der Waals surface area contributed by atoms with E-state index in [1.807, 2.05) is 0 Å². The van der Waals surface area contributed by atoms with Crippen molar-refractivity contribution in [2.75, 3.05) is 26.3 Å². The molecule has 126 valence electrons. The Morgan fingerprint density at radius 1 is 1.30 bits per heavy atom. The van der Waals surface area contributed by atoms with Gasteiger partial charge in [0, 0.05) is 19.7 Å². The van der Waals surface area contributed by atoms with Crippen molar-refractivity contribution in [1.82, 2.24) is 4.90 Å². The first-order chi connectivity index (χ1) is 10.9. The van der Waals surface area contributed by atoms with Crippen LogP contribution in [0, 0.1) is 5.92 Å². The largest absolute Gasteiger partial charge is 0.490 e. The van der Waals surface area contributed by atoms with Gasteiger partial charge in [-0.25, -0.2) is 0 Å². The highest BCUT2D eigenvalue weighted by molar-refractivity contribution is 5.97. The SMILES string of the molecule is O=C(c1ccccc1OC[C@@H]1CCCO1)N1CC(C(F)(F)F)C1. The zero-order valence-corrected chi connectivity index (χ0v) is 12.5. The van der Waals surface area contributed by atoms with Gasteiger partial charge in [0.15, 0.2) is 0 Å². The van der Waals surface area contributed by atoms with Gasteiger partial charge in [-0.2, -0.15) is 13.2 Å². The lowest BCUT2D eigenvalue weighted by Crippen LogP contribution is -2.55. The lowest BCUT2D eigenvalue weighted by Gasteiger charge is -2.40. The fraction of sp³-hybridized carbons (Fsp3) is 0.562. The number of carbonyl (C=O) groups is 1. The maximum Gasteiger partial charge on any atom is 0.395 e. The third-order valence-corrected chi connectivity index (χ3v) is 4.20. The van der Waals surface area contributed by atoms with E-state index in [-0.39, 0.29) is 19.2 Å². The molecular weight excluding hydrogens is 311 g/mol. The summed E-state index contributed by atoms with van der Waals surface area (Å²) in [5.74, 6) is -1.46. The number of ether oxygens (including phenoxy) is 2. The van der Waals surface area contributed by atoms with Crippen molar-refractivity contribution in [2.45, 2.75) is 25.1 Å². The summed E-state index contributed by atoms with van der Waals surface area (Å²) in [7, 11) is 0. The molecule has 2 heterocycles. The molecule has 1 aromatic carbocycles. The Morgan fingerprint density at radius 3 is 2.70 bits per heavy atom. The molecule has 1 atom stereocenters. The Labute approximate surface area is 132 Å². The first kappa shape index (κ1) is 16.1. The number of benzene rings is 1. The summed E-state index contributed by atoms with van der Waals surface area (Å²) in [5.41, 5.74) is 0.297. The van der Waals surface area contributed by atoms with Crippen LogP contribution in [0.1, 0.15) is 23.2 Å². The summed E-state index contributed by atoms with van der Waals surface area (Å²) in [4.78, 5) is 13.6. The maximum atomic E-state index is 12.5. The summed E-state index contributed by atoms with van der Waals surface area (Å²) in [6.07, 6.45) is -2.33. The zero-order chi connectivity index (χ0) is 16.4. The normalized spacial score (nSPS) is 22.0. The van der Waals surface area contributed by atoms with E-state index < -0.39 is 18.0 Å². The van der Waals surface area contributed by atoms with Gasteiger partial charge in [-0.05, 0) is 25.0 Å². The van der Waals surface area contributed by atoms with E-state index in [0.717, 1.165) is 12.8 Å². The molecule has 2 aliphatic rings. The van der Waals surface area contributed by atoms with Crippen LogP contribution in [0.2, 0.25) is 0 Å². The van der Waals surface area contributed by atoms with Gasteiger partial charge in [-0.15, -0.1) is 0 Å². The monoisotopic (exact) mass is 329 g/mol. The maximum absolute atomic E-state index is 12.5. The number of halogens is 3. The number of nitrogens with zero attached hydrogens (tertiary/aromatic N) is 1. The van der Waals surface area contributed by atoms with Gasteiger partial charge in [0.25, 0.3) is 5.91 Å². The summed E-state index contributed by atoms with van der Waals surface area (Å²) in [6, 6.07) is 6.64. The quantitative estimate of drug-likeness (QED) is 0.853. The van der Waals surface area contributed by atoms with Crippen LogP contribution in [0.4, 0.5) is 13.2 Å². The Morgan fingerprint density at radius 2 is 2.04 bits per heavy atom. The number of alkyl halides is 3. The van der Waals surface area contributed by atoms with Crippen molar-refractivity contribution in [3.05, 3.63) is 29.8 Å². The lowest BCUT2D eigenvalue weighted by molar-refractivity contribution is -0.202. The second-order valence-corrected chi connectivity index (χ2v) is 5.89. The van der Waals surface area contributed by atoms with Crippen molar-refractivity contribution >= 4 is 5.91 Å². The van der Waals surface area contributed by atoms with Crippen LogP contribution in [-0.2, 0) is 4.74 Å². The molecule has 0 N–H and O–H groups in total. The van der Waals surface area contributed by atoms with Crippen LogP contribution in [0.15, 0.2) is 24.3 Å². The second-order valence-electron chi connectivity index (χ2n) is 5.89. The number of para-hydroxylation sites is 1. The second kappa shape index (κ2) is 6.39. The minimum Gasteiger partial charge on any atom is -0.490 e. The van der Waals surface area contributed by atoms with Crippen LogP contribution >= 0.6 is 0 Å². The number of rotatable bonds is 4. The fourth-order valence-electron chi connectivity index (χ4n) is 2.75. The first-order valence-corrected chi connectivity index (χ1v) is 7.64. The van der Waals surface area contributed by atoms with E-state index in [4.69, 9.17) is 9.47 Å². The number of hydrogen-bond donors (Lipinski definition) is 0. The van der Waals surface area contributed by atoms with Crippen LogP contribution in [-0.4, -0.2) is 49.4 Å². The Hall–Kier alpha value is -1.76. The molecule has 0 radical (unpaired) electrons. The molecule has 0 unspecified atom stereocenters. The highest BCUT2D eigenvalue weighted by Gasteiger charge is 2.48. The number of hydrogen-bond acceptors (Lipinski definition) is 3. The average Bonchev–Trinajstić information content (AvgIpc) is 2.95. The molecule has 0 bridgehead atoms. The molecule has 3 rings (SSSR count). The van der Waals surface area contributed by atoms with Gasteiger partial charge >= 0.3 is 6.18 Å². The Bertz CT molecular complexity index is 564. The van der Waals surface area contributed by atoms with Gasteiger partial charge in [-0.1, -0.05) is 12.1 Å². The first-order valence-electron chi connectivity index (χ1n) is 7.64. The van der Waals surface area contributed by atoms with E-state index in [1.165, 1.54) is 4.90 Å². The van der Waals surface area contributed by atoms with Gasteiger partial charge < -0.3 is 14.4 Å². The molecule has 2 saturated heterocycles. The standard InChI is InChI=1S/C16H18F3NO3/c17-16(18,19)11-8-20(9-11)15(21)13-5-1-2-6-14(13)23-10-12-4-3-7-22-12/h1-2,5-6,11-12H,3-4,7-10H2/t12-/m0/s1. The molecule has 1 aromatic rings. The number of amides is 1. The zero-order valence-electron chi connectivity index (χ0n) is 12.5. The molecule has 2 fully saturated rings. The summed E-state index contributed by atoms with van der Waals surface area (Å²) < 4.78 is 48.7. The highest BCUT2D eigenvalue weighted by Crippen LogP contribution is 2.35. The van der Waals surface area contributed by atoms with Crippen molar-refractivity contribution in [3.63, 3.8) is 0 Å². The minimum atomic E-state index is -4.24. The molecule has 23 heavy (non-hydrogen) atoms. The van der Waals surface area contributed by atoms with E-state index >= 15 is 0 Å². The molecule has 7 heteroatoms. The molecular formula is C16H18F3NO3. The molecule has 0 aromatic heterocycles. The molecule has 0 spiro atoms. The van der Waals surface area contributed by atoms with Gasteiger partial charge in [0.1, 0.15) is 12.4 Å². The predicted molar refractivity (Wildman–Crippen MR) is 76.4 cm³/mol. The van der Waals surface area contributed by atoms with Gasteiger partial charge in [0.2, 0.25) is 0 Å². The van der Waals surface area contributed by atoms with Crippen molar-refractivity contribution in [3.8, 4) is 5.75 Å². The van der Waals surface area contributed by atoms with Crippen molar-refractivity contribution in [2.24, 2.45) is 5.92 Å². The van der Waals surface area contributed by atoms with Crippen LogP contribution in [0.3, 0.4) is 0 Å². The summed E-state index contributed by atoms with van der Waals surface area (Å²) in [5, 5.41) is 0. The minimum absolute atomic E-state index is 0.0109. The van der Waals surface area contributed by atoms with Crippen molar-refractivity contribution < 1.29 is 27.4 Å². The number of likely N-dealkylation sites (tertiary alicyclic amines) is 1. The molecule has 0 saturated carbocycles. The highest BCUT2D eigenvalue weighted by atomic mass is 19.4. The van der Waals surface area contributed by atoms with E-state index in [9.17, 15) is 18.0 Å². The average molecular weight is 329 g/mol. The van der Waals surface area contributed by atoms with Crippen LogP contribution in [0.25, 0.3) is 0 Å². The molecule has 2 aliphatic heterocycles. The van der Waals surface area contributed by atoms with Crippen LogP contribution in [0.5, 0.6) is 5.75 Å². The van der Waals surface area contributed by atoms with E-state index in [2.05, 4.69) is 0 Å². The molecule has 0 aliphatic carbocycles. The van der Waals surface area contributed by atoms with E-state index in [1.54, 1.807) is 24.3 Å². The fourth-order valence-corrected chi connectivity index (χ4v) is 2.75. The summed E-state index contributed by atoms with van der Waals surface area (Å²) >= 11 is 0. The van der Waals surface area contributed by atoms with Crippen LogP contribution < -0.4 is 4.74 Å². The van der Waals surface area contributed by atoms with E-state index in [0.29, 0.717) is 24.5 Å². The summed E-state index contributed by atoms with van der Waals surface area (Å²) in [6.45, 7) is 0.474. The molecule has 1 amide bonds. The van der Waals surface area contributed by atoms with Crippen molar-refractivity contribution in [1.29, 1.82) is 0 Å². The topological polar surface area (TPSA) is 38.8 Å². The Kier molecular flexibility index (Phi) is 4.48. The molecule has 4 nitrogen and oxygen atoms in total. The smallest absolute Gasteiger partial charge is 0.395 e. The third-order valence-electron chi connectivity index (χ3n) is 4.20. The van der Waals surface area contributed by atoms with Gasteiger partial charge in [0.05, 0.1) is 17.6 Å². The number of carbonyl (C=O) groups excluding carboxylic acids is 1.